The minimum absolute atomic E-state index is 0.497. The fraction of sp³-hybridized carbons (Fsp3) is 0.455. The van der Waals surface area contributed by atoms with Crippen LogP contribution in [0.5, 0.6) is 0 Å². The lowest BCUT2D eigenvalue weighted by Crippen LogP contribution is -1.90. The zero-order valence-corrected chi connectivity index (χ0v) is 9.93. The predicted octanol–water partition coefficient (Wildman–Crippen LogP) is 3.84. The minimum Gasteiger partial charge on any atom is -0.243 e. The van der Waals surface area contributed by atoms with E-state index in [9.17, 15) is 0 Å². The summed E-state index contributed by atoms with van der Waals surface area (Å²) in [5.74, 6) is 0.497. The normalized spacial score (nSPS) is 10.1. The second-order valence-electron chi connectivity index (χ2n) is 3.07. The molecule has 0 aromatic carbocycles. The monoisotopic (exact) mass is 208 g/mol. The van der Waals surface area contributed by atoms with E-state index in [1.165, 1.54) is 0 Å². The second-order valence-corrected chi connectivity index (χ2v) is 3.90. The number of hydrogen-bond donors (Lipinski definition) is 0. The summed E-state index contributed by atoms with van der Waals surface area (Å²) in [7, 11) is 0. The van der Waals surface area contributed by atoms with Crippen molar-refractivity contribution in [3.8, 4) is 0 Å². The van der Waals surface area contributed by atoms with Gasteiger partial charge in [0, 0.05) is 5.69 Å². The van der Waals surface area contributed by atoms with Crippen molar-refractivity contribution < 1.29 is 0 Å². The van der Waals surface area contributed by atoms with Gasteiger partial charge in [0.05, 0.1) is 11.0 Å². The molecule has 0 spiro atoms. The number of fused-ring (bicyclic) bond motifs is 1. The third-order valence-electron chi connectivity index (χ3n) is 1.81. The highest BCUT2D eigenvalue weighted by atomic mass is 32.1. The Hall–Kier alpha value is -0.960. The molecule has 0 saturated carbocycles. The van der Waals surface area contributed by atoms with Gasteiger partial charge >= 0.3 is 0 Å². The fourth-order valence-corrected chi connectivity index (χ4v) is 1.75. The van der Waals surface area contributed by atoms with E-state index in [2.05, 4.69) is 23.8 Å². The summed E-state index contributed by atoms with van der Waals surface area (Å²) in [5.41, 5.74) is 3.98. The van der Waals surface area contributed by atoms with E-state index in [-0.39, 0.29) is 0 Å². The van der Waals surface area contributed by atoms with Crippen LogP contribution in [0.3, 0.4) is 0 Å². The van der Waals surface area contributed by atoms with Crippen LogP contribution in [0.15, 0.2) is 17.6 Å². The Morgan fingerprint density at radius 1 is 1.21 bits per heavy atom. The molecular weight excluding hydrogens is 192 g/mol. The Labute approximate surface area is 89.0 Å². The summed E-state index contributed by atoms with van der Waals surface area (Å²) in [4.78, 5) is 9.71. The van der Waals surface area contributed by atoms with Gasteiger partial charge in [-0.15, -0.1) is 11.3 Å². The highest BCUT2D eigenvalue weighted by Gasteiger charge is 2.02. The van der Waals surface area contributed by atoms with Gasteiger partial charge in [-0.2, -0.15) is 0 Å². The fourth-order valence-electron chi connectivity index (χ4n) is 1.09. The van der Waals surface area contributed by atoms with E-state index in [0.29, 0.717) is 5.92 Å². The van der Waals surface area contributed by atoms with E-state index in [1.807, 2.05) is 31.5 Å². The quantitative estimate of drug-likeness (QED) is 0.711. The molecule has 2 aromatic heterocycles. The smallest absolute Gasteiger partial charge is 0.143 e. The molecule has 2 rings (SSSR count). The highest BCUT2D eigenvalue weighted by molar-refractivity contribution is 7.16. The first-order valence-corrected chi connectivity index (χ1v) is 5.85. The van der Waals surface area contributed by atoms with Crippen LogP contribution >= 0.6 is 11.3 Å². The standard InChI is InChI=1S/C9H10N2S.C2H6/c1-6(2)7-3-4-8-9(11-7)12-5-10-8;1-2/h3-6H,1-2H3;1-2H3. The van der Waals surface area contributed by atoms with E-state index in [0.717, 1.165) is 16.0 Å². The van der Waals surface area contributed by atoms with Gasteiger partial charge in [0.25, 0.3) is 0 Å². The molecule has 3 heteroatoms. The van der Waals surface area contributed by atoms with Crippen molar-refractivity contribution in [1.82, 2.24) is 9.97 Å². The lowest BCUT2D eigenvalue weighted by atomic mass is 10.1. The molecule has 0 aliphatic heterocycles. The number of nitrogens with zero attached hydrogens (tertiary/aromatic N) is 2. The average Bonchev–Trinajstić information content (AvgIpc) is 2.67. The first-order valence-electron chi connectivity index (χ1n) is 4.97. The summed E-state index contributed by atoms with van der Waals surface area (Å²) in [6, 6.07) is 4.08. The number of rotatable bonds is 1. The van der Waals surface area contributed by atoms with Gasteiger partial charge in [-0.05, 0) is 18.1 Å². The Balaban J connectivity index is 0.000000461. The summed E-state index contributed by atoms with van der Waals surface area (Å²) in [6.07, 6.45) is 0. The maximum absolute atomic E-state index is 4.49. The summed E-state index contributed by atoms with van der Waals surface area (Å²) < 4.78 is 0. The van der Waals surface area contributed by atoms with E-state index < -0.39 is 0 Å². The Morgan fingerprint density at radius 3 is 2.57 bits per heavy atom. The summed E-state index contributed by atoms with van der Waals surface area (Å²) in [6.45, 7) is 8.30. The largest absolute Gasteiger partial charge is 0.243 e. The van der Waals surface area contributed by atoms with Crippen LogP contribution in [0.1, 0.15) is 39.3 Å². The number of pyridine rings is 1. The van der Waals surface area contributed by atoms with Crippen LogP contribution < -0.4 is 0 Å². The third kappa shape index (κ3) is 2.29. The van der Waals surface area contributed by atoms with Crippen LogP contribution in [0.4, 0.5) is 0 Å². The molecule has 0 saturated heterocycles. The van der Waals surface area contributed by atoms with E-state index in [4.69, 9.17) is 0 Å². The van der Waals surface area contributed by atoms with Gasteiger partial charge in [0.2, 0.25) is 0 Å². The van der Waals surface area contributed by atoms with Crippen molar-refractivity contribution in [2.24, 2.45) is 0 Å². The second kappa shape index (κ2) is 5.05. The molecule has 0 bridgehead atoms. The molecule has 0 aliphatic carbocycles. The van der Waals surface area contributed by atoms with Gasteiger partial charge in [0.1, 0.15) is 4.83 Å². The van der Waals surface area contributed by atoms with Crippen molar-refractivity contribution in [2.45, 2.75) is 33.6 Å². The van der Waals surface area contributed by atoms with Crippen LogP contribution in [0.2, 0.25) is 0 Å². The molecule has 0 unspecified atom stereocenters. The topological polar surface area (TPSA) is 25.8 Å². The van der Waals surface area contributed by atoms with Crippen LogP contribution in [-0.4, -0.2) is 9.97 Å². The molecule has 0 amide bonds. The Morgan fingerprint density at radius 2 is 1.93 bits per heavy atom. The van der Waals surface area contributed by atoms with Gasteiger partial charge in [0.15, 0.2) is 0 Å². The molecule has 0 atom stereocenters. The predicted molar refractivity (Wildman–Crippen MR) is 62.9 cm³/mol. The van der Waals surface area contributed by atoms with Crippen molar-refractivity contribution in [2.75, 3.05) is 0 Å². The molecule has 0 N–H and O–H groups in total. The first-order chi connectivity index (χ1) is 6.77. The van der Waals surface area contributed by atoms with E-state index >= 15 is 0 Å². The minimum atomic E-state index is 0.497. The van der Waals surface area contributed by atoms with Crippen LogP contribution in [0.25, 0.3) is 10.3 Å². The number of thiazole rings is 1. The molecular formula is C11H16N2S. The number of hydrogen-bond acceptors (Lipinski definition) is 3. The average molecular weight is 208 g/mol. The summed E-state index contributed by atoms with van der Waals surface area (Å²) in [5, 5.41) is 0. The molecule has 0 radical (unpaired) electrons. The third-order valence-corrected chi connectivity index (χ3v) is 2.54. The van der Waals surface area contributed by atoms with Gasteiger partial charge in [-0.3, -0.25) is 0 Å². The molecule has 76 valence electrons. The van der Waals surface area contributed by atoms with Gasteiger partial charge < -0.3 is 0 Å². The van der Waals surface area contributed by atoms with Crippen molar-refractivity contribution in [1.29, 1.82) is 0 Å². The zero-order valence-electron chi connectivity index (χ0n) is 9.11. The SMILES string of the molecule is CC.CC(C)c1ccc2ncsc2n1. The first kappa shape index (κ1) is 11.1. The molecule has 2 nitrogen and oxygen atoms in total. The Kier molecular flexibility index (Phi) is 4.01. The van der Waals surface area contributed by atoms with Crippen LogP contribution in [0, 0.1) is 0 Å². The molecule has 0 aliphatic rings. The molecule has 14 heavy (non-hydrogen) atoms. The lowest BCUT2D eigenvalue weighted by molar-refractivity contribution is 0.831. The molecule has 2 heterocycles. The summed E-state index contributed by atoms with van der Waals surface area (Å²) >= 11 is 1.60. The zero-order chi connectivity index (χ0) is 10.6. The van der Waals surface area contributed by atoms with Crippen LogP contribution in [-0.2, 0) is 0 Å². The maximum atomic E-state index is 4.49. The van der Waals surface area contributed by atoms with Crippen molar-refractivity contribution in [3.05, 3.63) is 23.3 Å². The van der Waals surface area contributed by atoms with Crippen molar-refractivity contribution in [3.63, 3.8) is 0 Å². The molecule has 0 fully saturated rings. The van der Waals surface area contributed by atoms with E-state index in [1.54, 1.807) is 11.3 Å². The maximum Gasteiger partial charge on any atom is 0.143 e. The van der Waals surface area contributed by atoms with Crippen molar-refractivity contribution >= 4 is 21.7 Å². The lowest BCUT2D eigenvalue weighted by Gasteiger charge is -2.01. The van der Waals surface area contributed by atoms with Gasteiger partial charge in [-0.1, -0.05) is 27.7 Å². The number of aromatic nitrogens is 2. The highest BCUT2D eigenvalue weighted by Crippen LogP contribution is 2.19. The Bertz CT molecular complexity index is 393. The van der Waals surface area contributed by atoms with Gasteiger partial charge in [-0.25, -0.2) is 9.97 Å². The molecule has 2 aromatic rings.